The minimum Gasteiger partial charge on any atom is -0.459 e. The summed E-state index contributed by atoms with van der Waals surface area (Å²) in [6, 6.07) is 18.4. The molecule has 1 heterocycles. The highest BCUT2D eigenvalue weighted by molar-refractivity contribution is 6.04. The van der Waals surface area contributed by atoms with E-state index in [1.807, 2.05) is 61.5 Å². The van der Waals surface area contributed by atoms with E-state index in [0.717, 1.165) is 47.6 Å². The third-order valence-electron chi connectivity index (χ3n) is 11.2. The Bertz CT molecular complexity index is 1880. The van der Waals surface area contributed by atoms with Crippen LogP contribution >= 0.6 is 0 Å². The van der Waals surface area contributed by atoms with E-state index in [9.17, 15) is 19.8 Å². The van der Waals surface area contributed by atoms with Crippen LogP contribution in [0.5, 0.6) is 11.5 Å². The van der Waals surface area contributed by atoms with Crippen molar-refractivity contribution in [1.82, 2.24) is 10.2 Å². The second kappa shape index (κ2) is 17.6. The third kappa shape index (κ3) is 7.76. The van der Waals surface area contributed by atoms with Gasteiger partial charge in [0.25, 0.3) is 5.91 Å². The number of likely N-dealkylation sites (N-methyl/N-ethyl adjacent to an activating group) is 1. The molecule has 0 aromatic heterocycles. The topological polar surface area (TPSA) is 139 Å². The number of oxime groups is 1. The number of hydrogen-bond acceptors (Lipinski definition) is 9. The number of hydrogen-bond donors (Lipinski definition) is 3. The first kappa shape index (κ1) is 39.0. The van der Waals surface area contributed by atoms with Crippen molar-refractivity contribution in [2.75, 3.05) is 40.5 Å². The lowest BCUT2D eigenvalue weighted by molar-refractivity contribution is -0.252. The van der Waals surface area contributed by atoms with E-state index < -0.39 is 23.8 Å². The zero-order valence-corrected chi connectivity index (χ0v) is 31.5. The maximum Gasteiger partial charge on any atom is 0.412 e. The Morgan fingerprint density at radius 1 is 1.04 bits per heavy atom. The van der Waals surface area contributed by atoms with Crippen LogP contribution in [0.1, 0.15) is 73.7 Å². The first-order chi connectivity index (χ1) is 26.3. The number of aliphatic hydroxyl groups is 2. The van der Waals surface area contributed by atoms with Crippen molar-refractivity contribution in [3.8, 4) is 11.5 Å². The first-order valence-electron chi connectivity index (χ1n) is 19.1. The van der Waals surface area contributed by atoms with Gasteiger partial charge in [-0.25, -0.2) is 4.79 Å². The molecule has 3 aromatic carbocycles. The Labute approximate surface area is 317 Å². The molecule has 0 bridgehead atoms. The van der Waals surface area contributed by atoms with Crippen LogP contribution in [0.25, 0.3) is 10.8 Å². The van der Waals surface area contributed by atoms with E-state index in [1.165, 1.54) is 7.11 Å². The smallest absolute Gasteiger partial charge is 0.412 e. The van der Waals surface area contributed by atoms with Crippen LogP contribution in [-0.2, 0) is 9.57 Å². The molecule has 1 aliphatic heterocycles. The van der Waals surface area contributed by atoms with Crippen molar-refractivity contribution in [3.63, 3.8) is 0 Å². The molecule has 54 heavy (non-hydrogen) atoms. The highest BCUT2D eigenvalue weighted by Gasteiger charge is 2.65. The minimum absolute atomic E-state index is 0.0436. The molecule has 3 aliphatic rings. The Kier molecular flexibility index (Phi) is 12.7. The fraction of sp³-hybridized carbons (Fsp3) is 0.465. The van der Waals surface area contributed by atoms with Gasteiger partial charge in [-0.15, -0.1) is 6.58 Å². The lowest BCUT2D eigenvalue weighted by Crippen LogP contribution is -2.69. The molecule has 6 atom stereocenters. The summed E-state index contributed by atoms with van der Waals surface area (Å²) in [5.74, 6) is -1.17. The van der Waals surface area contributed by atoms with Gasteiger partial charge in [-0.3, -0.25) is 4.79 Å². The van der Waals surface area contributed by atoms with Crippen molar-refractivity contribution >= 4 is 28.5 Å². The summed E-state index contributed by atoms with van der Waals surface area (Å²) in [7, 11) is 3.31. The fourth-order valence-corrected chi connectivity index (χ4v) is 8.86. The maximum absolute atomic E-state index is 14.6. The first-order valence-corrected chi connectivity index (χ1v) is 19.1. The number of rotatable bonds is 16. The van der Waals surface area contributed by atoms with E-state index >= 15 is 0 Å². The average Bonchev–Trinajstić information content (AvgIpc) is 3.18. The molecule has 0 spiro atoms. The van der Waals surface area contributed by atoms with Crippen LogP contribution in [0, 0.1) is 17.8 Å². The van der Waals surface area contributed by atoms with E-state index in [4.69, 9.17) is 19.0 Å². The Morgan fingerprint density at radius 3 is 2.52 bits per heavy atom. The van der Waals surface area contributed by atoms with E-state index in [0.29, 0.717) is 48.6 Å². The van der Waals surface area contributed by atoms with Gasteiger partial charge in [-0.2, -0.15) is 0 Å². The van der Waals surface area contributed by atoms with Crippen molar-refractivity contribution in [2.24, 2.45) is 22.9 Å². The van der Waals surface area contributed by atoms with Gasteiger partial charge < -0.3 is 39.5 Å². The second-order valence-corrected chi connectivity index (χ2v) is 14.4. The summed E-state index contributed by atoms with van der Waals surface area (Å²) in [5.41, 5.74) is 3.04. The predicted molar refractivity (Wildman–Crippen MR) is 208 cm³/mol. The number of fused-ring (bicyclic) bond motifs is 3. The number of ether oxygens (including phenoxy) is 3. The Hall–Kier alpha value is -4.71. The Balaban J connectivity index is 1.55. The maximum atomic E-state index is 14.6. The standard InChI is InChI=1S/C43H53N3O8/c1-5-23-52-43-38(46(3)41(49)31-18-17-28-13-7-8-14-29(28)24-31)27-36(45-51-4)34-25-30(15-9-11-21-47)33(16-10-12-22-48)39(40(34)43)35-26-32(19-20-37(35)54-43)53-42(50)44-6-2/h5,7-8,13-14,17-20,24-26,30,33,38-40,47-48H,1,6,9-12,15-16,21-23,27H2,2-4H3,(H,44,50). The predicted octanol–water partition coefficient (Wildman–Crippen LogP) is 6.98. The number of nitrogens with zero attached hydrogens (tertiary/aromatic N) is 2. The van der Waals surface area contributed by atoms with Crippen LogP contribution in [-0.4, -0.2) is 85.2 Å². The molecule has 0 saturated heterocycles. The summed E-state index contributed by atoms with van der Waals surface area (Å²) < 4.78 is 19.8. The fourth-order valence-electron chi connectivity index (χ4n) is 8.86. The molecule has 6 rings (SSSR count). The number of carbonyl (C=O) groups excluding carboxylic acids is 2. The summed E-state index contributed by atoms with van der Waals surface area (Å²) in [5, 5.41) is 28.9. The van der Waals surface area contributed by atoms with Crippen molar-refractivity contribution in [3.05, 3.63) is 96.1 Å². The number of amides is 2. The van der Waals surface area contributed by atoms with Crippen molar-refractivity contribution in [2.45, 2.75) is 69.6 Å². The molecule has 2 amide bonds. The lowest BCUT2D eigenvalue weighted by Gasteiger charge is -2.59. The van der Waals surface area contributed by atoms with Gasteiger partial charge in [0, 0.05) is 50.3 Å². The second-order valence-electron chi connectivity index (χ2n) is 14.4. The molecule has 6 unspecified atom stereocenters. The number of aliphatic hydroxyl groups excluding tert-OH is 2. The molecule has 11 heteroatoms. The molecule has 11 nitrogen and oxygen atoms in total. The largest absolute Gasteiger partial charge is 0.459 e. The molecule has 2 aliphatic carbocycles. The zero-order valence-electron chi connectivity index (χ0n) is 31.5. The number of unbranched alkanes of at least 4 members (excludes halogenated alkanes) is 2. The van der Waals surface area contributed by atoms with Gasteiger partial charge in [-0.05, 0) is 91.1 Å². The van der Waals surface area contributed by atoms with Gasteiger partial charge in [0.1, 0.15) is 24.7 Å². The average molecular weight is 740 g/mol. The van der Waals surface area contributed by atoms with E-state index in [2.05, 4.69) is 23.1 Å². The monoisotopic (exact) mass is 739 g/mol. The quantitative estimate of drug-likeness (QED) is 0.0813. The number of benzene rings is 3. The van der Waals surface area contributed by atoms with Crippen molar-refractivity contribution in [1.29, 1.82) is 0 Å². The van der Waals surface area contributed by atoms with Crippen LogP contribution in [0.3, 0.4) is 0 Å². The number of carbonyl (C=O) groups is 2. The van der Waals surface area contributed by atoms with Crippen molar-refractivity contribution < 1.29 is 38.9 Å². The molecule has 0 radical (unpaired) electrons. The number of nitrogens with one attached hydrogen (secondary N) is 1. The van der Waals surface area contributed by atoms with Gasteiger partial charge in [-0.1, -0.05) is 60.5 Å². The van der Waals surface area contributed by atoms with E-state index in [1.54, 1.807) is 24.1 Å². The summed E-state index contributed by atoms with van der Waals surface area (Å²) in [6.45, 7) is 6.58. The Morgan fingerprint density at radius 2 is 1.80 bits per heavy atom. The highest BCUT2D eigenvalue weighted by atomic mass is 16.7. The molecule has 288 valence electrons. The molecule has 3 N–H and O–H groups in total. The number of allylic oxidation sites excluding steroid dienone is 1. The SMILES string of the molecule is C=CCOC12Oc3ccc(OC(=O)NCC)cc3C3C(CCCCO)C(CCCCO)C=C(C(=NOC)CC1N(C)C(=O)c1ccc4ccccc4c1)C32. The molecular weight excluding hydrogens is 686 g/mol. The zero-order chi connectivity index (χ0) is 38.2. The van der Waals surface area contributed by atoms with Crippen LogP contribution in [0.4, 0.5) is 4.79 Å². The van der Waals surface area contributed by atoms with E-state index in [-0.39, 0.29) is 43.5 Å². The van der Waals surface area contributed by atoms with Gasteiger partial charge >= 0.3 is 6.09 Å². The van der Waals surface area contributed by atoms with Crippen LogP contribution in [0.15, 0.2) is 90.1 Å². The molecule has 1 fully saturated rings. The van der Waals surface area contributed by atoms with Crippen LogP contribution < -0.4 is 14.8 Å². The van der Waals surface area contributed by atoms with Gasteiger partial charge in [0.15, 0.2) is 0 Å². The molecular formula is C43H53N3O8. The highest BCUT2D eigenvalue weighted by Crippen LogP contribution is 2.61. The van der Waals surface area contributed by atoms with Crippen LogP contribution in [0.2, 0.25) is 0 Å². The third-order valence-corrected chi connectivity index (χ3v) is 11.2. The normalized spacial score (nSPS) is 24.8. The summed E-state index contributed by atoms with van der Waals surface area (Å²) in [6.07, 6.45) is 8.28. The molecule has 3 aromatic rings. The summed E-state index contributed by atoms with van der Waals surface area (Å²) in [4.78, 5) is 34.4. The molecule has 1 saturated carbocycles. The minimum atomic E-state index is -1.38. The van der Waals surface area contributed by atoms with Gasteiger partial charge in [0.2, 0.25) is 5.79 Å². The lowest BCUT2D eigenvalue weighted by atomic mass is 9.55. The summed E-state index contributed by atoms with van der Waals surface area (Å²) >= 11 is 0. The van der Waals surface area contributed by atoms with Gasteiger partial charge in [0.05, 0.1) is 18.2 Å².